The van der Waals surface area contributed by atoms with Gasteiger partial charge in [0, 0.05) is 4.47 Å². The van der Waals surface area contributed by atoms with Crippen LogP contribution >= 0.6 is 15.9 Å². The Bertz CT molecular complexity index is 478. The first-order valence-electron chi connectivity index (χ1n) is 5.29. The van der Waals surface area contributed by atoms with Crippen LogP contribution in [0.5, 0.6) is 0 Å². The van der Waals surface area contributed by atoms with Crippen LogP contribution in [0.2, 0.25) is 0 Å². The summed E-state index contributed by atoms with van der Waals surface area (Å²) in [6.07, 6.45) is 2.06. The molecule has 0 saturated heterocycles. The van der Waals surface area contributed by atoms with E-state index in [2.05, 4.69) is 35.0 Å². The Kier molecular flexibility index (Phi) is 4.52. The van der Waals surface area contributed by atoms with Crippen molar-refractivity contribution in [2.75, 3.05) is 0 Å². The maximum atomic E-state index is 9.08. The molecular weight excluding hydrogens is 264 g/mol. The molecule has 16 heavy (non-hydrogen) atoms. The largest absolute Gasteiger partial charge is 0.198 e. The summed E-state index contributed by atoms with van der Waals surface area (Å²) in [6, 6.07) is 6.20. The van der Waals surface area contributed by atoms with E-state index < -0.39 is 0 Å². The minimum Gasteiger partial charge on any atom is -0.198 e. The number of halogens is 1. The van der Waals surface area contributed by atoms with Crippen molar-refractivity contribution in [2.45, 2.75) is 33.1 Å². The molecule has 82 valence electrons. The van der Waals surface area contributed by atoms with Gasteiger partial charge in [0.2, 0.25) is 0 Å². The van der Waals surface area contributed by atoms with Crippen molar-refractivity contribution in [1.82, 2.24) is 0 Å². The molecule has 0 N–H and O–H groups in total. The third-order valence-corrected chi connectivity index (χ3v) is 3.62. The van der Waals surface area contributed by atoms with Gasteiger partial charge in [-0.05, 0) is 35.6 Å². The average Bonchev–Trinajstić information content (AvgIpc) is 2.29. The van der Waals surface area contributed by atoms with Crippen molar-refractivity contribution < 1.29 is 0 Å². The molecule has 1 aromatic carbocycles. The Labute approximate surface area is 105 Å². The Morgan fingerprint density at radius 1 is 1.19 bits per heavy atom. The highest BCUT2D eigenvalue weighted by Gasteiger charge is 2.13. The Hall–Kier alpha value is -1.32. The van der Waals surface area contributed by atoms with Crippen molar-refractivity contribution in [3.63, 3.8) is 0 Å². The quantitative estimate of drug-likeness (QED) is 0.848. The van der Waals surface area contributed by atoms with E-state index in [4.69, 9.17) is 10.5 Å². The molecule has 0 spiro atoms. The van der Waals surface area contributed by atoms with Crippen molar-refractivity contribution in [2.24, 2.45) is 0 Å². The fourth-order valence-electron chi connectivity index (χ4n) is 1.86. The highest BCUT2D eigenvalue weighted by Crippen LogP contribution is 2.29. The van der Waals surface area contributed by atoms with Crippen LogP contribution in [0, 0.1) is 22.7 Å². The van der Waals surface area contributed by atoms with Crippen molar-refractivity contribution in [3.05, 3.63) is 32.8 Å². The maximum absolute atomic E-state index is 9.08. The molecule has 0 aromatic heterocycles. The Balaban J connectivity index is 3.50. The highest BCUT2D eigenvalue weighted by molar-refractivity contribution is 9.10. The molecule has 0 radical (unpaired) electrons. The lowest BCUT2D eigenvalue weighted by Gasteiger charge is -2.13. The second kappa shape index (κ2) is 5.68. The predicted molar refractivity (Wildman–Crippen MR) is 66.9 cm³/mol. The predicted octanol–water partition coefficient (Wildman–Crippen LogP) is 3.51. The zero-order valence-electron chi connectivity index (χ0n) is 9.47. The van der Waals surface area contributed by atoms with Gasteiger partial charge in [-0.15, -0.1) is 0 Å². The maximum Gasteiger partial charge on any atom is 0.0995 e. The molecule has 3 heteroatoms. The third-order valence-electron chi connectivity index (χ3n) is 2.66. The third kappa shape index (κ3) is 2.26. The summed E-state index contributed by atoms with van der Waals surface area (Å²) in [4.78, 5) is 0. The molecule has 0 fully saturated rings. The normalized spacial score (nSPS) is 9.56. The van der Waals surface area contributed by atoms with Gasteiger partial charge in [0.15, 0.2) is 0 Å². The van der Waals surface area contributed by atoms with Crippen LogP contribution in [0.25, 0.3) is 0 Å². The molecule has 0 amide bonds. The molecule has 0 atom stereocenters. The van der Waals surface area contributed by atoms with E-state index in [-0.39, 0.29) is 0 Å². The van der Waals surface area contributed by atoms with Crippen molar-refractivity contribution in [1.29, 1.82) is 10.5 Å². The molecule has 0 aliphatic heterocycles. The Morgan fingerprint density at radius 2 is 1.81 bits per heavy atom. The van der Waals surface area contributed by atoms with Gasteiger partial charge in [0.05, 0.1) is 24.1 Å². The first-order chi connectivity index (χ1) is 7.69. The van der Waals surface area contributed by atoms with E-state index in [9.17, 15) is 0 Å². The number of hydrogen-bond acceptors (Lipinski definition) is 2. The zero-order valence-corrected chi connectivity index (χ0v) is 11.1. The van der Waals surface area contributed by atoms with Crippen LogP contribution in [0.4, 0.5) is 0 Å². The second-order valence-corrected chi connectivity index (χ2v) is 4.30. The minimum absolute atomic E-state index is 0.362. The second-order valence-electron chi connectivity index (χ2n) is 3.51. The summed E-state index contributed by atoms with van der Waals surface area (Å²) in [5.74, 6) is 0. The summed E-state index contributed by atoms with van der Waals surface area (Å²) >= 11 is 3.55. The number of nitrogens with zero attached hydrogens (tertiary/aromatic N) is 2. The van der Waals surface area contributed by atoms with Crippen molar-refractivity contribution in [3.8, 4) is 12.1 Å². The van der Waals surface area contributed by atoms with Gasteiger partial charge < -0.3 is 0 Å². The Morgan fingerprint density at radius 3 is 2.25 bits per heavy atom. The fourth-order valence-corrected chi connectivity index (χ4v) is 2.89. The lowest BCUT2D eigenvalue weighted by molar-refractivity contribution is 1.02. The lowest BCUT2D eigenvalue weighted by atomic mass is 9.94. The van der Waals surface area contributed by atoms with Crippen molar-refractivity contribution >= 4 is 15.9 Å². The SMILES string of the molecule is CCc1c(C#N)cc(CC#N)c(CC)c1Br. The van der Waals surface area contributed by atoms with Gasteiger partial charge in [-0.2, -0.15) is 10.5 Å². The molecule has 1 rings (SSSR count). The number of rotatable bonds is 3. The summed E-state index contributed by atoms with van der Waals surface area (Å²) in [7, 11) is 0. The molecule has 0 heterocycles. The van der Waals surface area contributed by atoms with Crippen LogP contribution in [0.15, 0.2) is 10.5 Å². The molecule has 1 aromatic rings. The van der Waals surface area contributed by atoms with Gasteiger partial charge in [0.1, 0.15) is 0 Å². The first kappa shape index (κ1) is 12.7. The molecule has 0 aliphatic carbocycles. The average molecular weight is 277 g/mol. The minimum atomic E-state index is 0.362. The van der Waals surface area contributed by atoms with Crippen LogP contribution in [0.3, 0.4) is 0 Å². The van der Waals surface area contributed by atoms with E-state index >= 15 is 0 Å². The molecular formula is C13H13BrN2. The summed E-state index contributed by atoms with van der Waals surface area (Å²) < 4.78 is 1.00. The molecule has 0 bridgehead atoms. The summed E-state index contributed by atoms with van der Waals surface area (Å²) in [6.45, 7) is 4.09. The number of hydrogen-bond donors (Lipinski definition) is 0. The van der Waals surface area contributed by atoms with E-state index in [1.165, 1.54) is 0 Å². The standard InChI is InChI=1S/C13H13BrN2/c1-3-11-9(5-6-15)7-10(8-16)12(4-2)13(11)14/h7H,3-5H2,1-2H3. The highest BCUT2D eigenvalue weighted by atomic mass is 79.9. The first-order valence-corrected chi connectivity index (χ1v) is 6.08. The molecule has 0 aliphatic rings. The number of nitriles is 2. The van der Waals surface area contributed by atoms with E-state index in [1.807, 2.05) is 13.0 Å². The molecule has 2 nitrogen and oxygen atoms in total. The fraction of sp³-hybridized carbons (Fsp3) is 0.385. The number of benzene rings is 1. The smallest absolute Gasteiger partial charge is 0.0995 e. The van der Waals surface area contributed by atoms with E-state index in [0.717, 1.165) is 34.0 Å². The topological polar surface area (TPSA) is 47.6 Å². The van der Waals surface area contributed by atoms with Gasteiger partial charge in [-0.3, -0.25) is 0 Å². The van der Waals surface area contributed by atoms with Crippen LogP contribution in [-0.2, 0) is 19.3 Å². The summed E-state index contributed by atoms with van der Waals surface area (Å²) in [5, 5.41) is 17.8. The van der Waals surface area contributed by atoms with E-state index in [0.29, 0.717) is 12.0 Å². The van der Waals surface area contributed by atoms with Crippen LogP contribution < -0.4 is 0 Å². The molecule has 0 saturated carbocycles. The van der Waals surface area contributed by atoms with Gasteiger partial charge in [0.25, 0.3) is 0 Å². The van der Waals surface area contributed by atoms with E-state index in [1.54, 1.807) is 0 Å². The van der Waals surface area contributed by atoms with Crippen LogP contribution in [-0.4, -0.2) is 0 Å². The zero-order chi connectivity index (χ0) is 12.1. The monoisotopic (exact) mass is 276 g/mol. The lowest BCUT2D eigenvalue weighted by Crippen LogP contribution is -2.00. The summed E-state index contributed by atoms with van der Waals surface area (Å²) in [5.41, 5.74) is 3.83. The van der Waals surface area contributed by atoms with Gasteiger partial charge in [-0.1, -0.05) is 29.8 Å². The van der Waals surface area contributed by atoms with Crippen LogP contribution in [0.1, 0.15) is 36.1 Å². The van der Waals surface area contributed by atoms with Gasteiger partial charge in [-0.25, -0.2) is 0 Å². The molecule has 0 unspecified atom stereocenters. The van der Waals surface area contributed by atoms with Gasteiger partial charge >= 0.3 is 0 Å².